The van der Waals surface area contributed by atoms with Crippen LogP contribution in [0.1, 0.15) is 15.9 Å². The van der Waals surface area contributed by atoms with Crippen LogP contribution in [0.2, 0.25) is 0 Å². The maximum atomic E-state index is 12.7. The molecular formula is C19H13N3O3S2. The van der Waals surface area contributed by atoms with E-state index in [1.54, 1.807) is 24.4 Å². The van der Waals surface area contributed by atoms with Crippen molar-refractivity contribution in [3.8, 4) is 5.75 Å². The van der Waals surface area contributed by atoms with Crippen molar-refractivity contribution < 1.29 is 14.3 Å². The van der Waals surface area contributed by atoms with Gasteiger partial charge in [-0.3, -0.25) is 20.0 Å². The molecule has 1 aromatic carbocycles. The Hall–Kier alpha value is -2.97. The van der Waals surface area contributed by atoms with Crippen molar-refractivity contribution in [3.05, 3.63) is 76.5 Å². The minimum atomic E-state index is -0.449. The molecule has 4 rings (SSSR count). The molecule has 2 aromatic rings. The molecule has 2 amide bonds. The third-order valence-corrected chi connectivity index (χ3v) is 5.20. The van der Waals surface area contributed by atoms with Crippen molar-refractivity contribution in [1.82, 2.24) is 15.4 Å². The van der Waals surface area contributed by atoms with E-state index in [1.807, 2.05) is 30.3 Å². The Kier molecular flexibility index (Phi) is 4.74. The molecule has 6 nitrogen and oxygen atoms in total. The number of fused-ring (bicyclic) bond motifs is 1. The highest BCUT2D eigenvalue weighted by Crippen LogP contribution is 2.33. The Bertz CT molecular complexity index is 1000. The average Bonchev–Trinajstić information content (AvgIpc) is 2.96. The largest absolute Gasteiger partial charge is 0.488 e. The second kappa shape index (κ2) is 7.34. The zero-order valence-corrected chi connectivity index (χ0v) is 15.5. The zero-order chi connectivity index (χ0) is 18.8. The number of para-hydroxylation sites is 1. The van der Waals surface area contributed by atoms with Crippen LogP contribution < -0.4 is 10.2 Å². The summed E-state index contributed by atoms with van der Waals surface area (Å²) in [6, 6.07) is 10.9. The monoisotopic (exact) mass is 395 g/mol. The summed E-state index contributed by atoms with van der Waals surface area (Å²) in [6.07, 6.45) is 6.70. The van der Waals surface area contributed by atoms with E-state index in [1.165, 1.54) is 6.20 Å². The minimum absolute atomic E-state index is 0.265. The Morgan fingerprint density at radius 1 is 1.30 bits per heavy atom. The summed E-state index contributed by atoms with van der Waals surface area (Å²) < 4.78 is 5.97. The molecule has 2 aliphatic heterocycles. The molecule has 0 aliphatic carbocycles. The van der Waals surface area contributed by atoms with Gasteiger partial charge in [0.25, 0.3) is 11.8 Å². The average molecular weight is 395 g/mol. The lowest BCUT2D eigenvalue weighted by atomic mass is 10.1. The molecule has 0 radical (unpaired) electrons. The van der Waals surface area contributed by atoms with Crippen molar-refractivity contribution in [2.45, 2.75) is 0 Å². The van der Waals surface area contributed by atoms with Gasteiger partial charge in [-0.25, -0.2) is 0 Å². The number of thioether (sulfide) groups is 1. The molecule has 0 unspecified atom stereocenters. The molecule has 0 bridgehead atoms. The zero-order valence-electron chi connectivity index (χ0n) is 13.9. The van der Waals surface area contributed by atoms with Gasteiger partial charge < -0.3 is 4.74 Å². The van der Waals surface area contributed by atoms with Gasteiger partial charge in [0.05, 0.1) is 10.5 Å². The maximum Gasteiger partial charge on any atom is 0.285 e. The number of aromatic nitrogens is 1. The van der Waals surface area contributed by atoms with Crippen molar-refractivity contribution in [1.29, 1.82) is 0 Å². The van der Waals surface area contributed by atoms with Crippen molar-refractivity contribution in [2.24, 2.45) is 0 Å². The summed E-state index contributed by atoms with van der Waals surface area (Å²) in [6.45, 7) is 0.364. The van der Waals surface area contributed by atoms with E-state index < -0.39 is 5.91 Å². The molecule has 0 saturated carbocycles. The van der Waals surface area contributed by atoms with Crippen LogP contribution in [0.4, 0.5) is 0 Å². The fourth-order valence-electron chi connectivity index (χ4n) is 2.61. The van der Waals surface area contributed by atoms with Crippen LogP contribution in [-0.2, 0) is 4.79 Å². The van der Waals surface area contributed by atoms with Crippen LogP contribution in [0.5, 0.6) is 5.75 Å². The standard InChI is InChI=1S/C19H13N3O3S2/c23-17(14-5-3-7-20-10-14)21-22-18(24)16(27-19(22)26)9-12-8-13-4-1-2-6-15(13)25-11-12/h1-10H,11H2,(H,21,23). The highest BCUT2D eigenvalue weighted by Gasteiger charge is 2.34. The molecule has 1 N–H and O–H groups in total. The Labute approximate surface area is 164 Å². The first-order chi connectivity index (χ1) is 13.1. The molecule has 27 heavy (non-hydrogen) atoms. The van der Waals surface area contributed by atoms with Crippen molar-refractivity contribution in [2.75, 3.05) is 6.61 Å². The van der Waals surface area contributed by atoms with Gasteiger partial charge in [-0.2, -0.15) is 5.01 Å². The maximum absolute atomic E-state index is 12.7. The second-order valence-electron chi connectivity index (χ2n) is 5.75. The first-order valence-electron chi connectivity index (χ1n) is 8.03. The third kappa shape index (κ3) is 3.62. The van der Waals surface area contributed by atoms with Crippen LogP contribution in [0.3, 0.4) is 0 Å². The summed E-state index contributed by atoms with van der Waals surface area (Å²) >= 11 is 6.38. The first-order valence-corrected chi connectivity index (χ1v) is 9.26. The number of pyridine rings is 1. The molecule has 8 heteroatoms. The van der Waals surface area contributed by atoms with Gasteiger partial charge in [0, 0.05) is 18.0 Å². The van der Waals surface area contributed by atoms with E-state index in [9.17, 15) is 9.59 Å². The summed E-state index contributed by atoms with van der Waals surface area (Å²) in [5.41, 5.74) is 4.68. The Morgan fingerprint density at radius 2 is 2.15 bits per heavy atom. The number of hydrazine groups is 1. The molecule has 0 spiro atoms. The number of nitrogens with zero attached hydrogens (tertiary/aromatic N) is 2. The fraction of sp³-hybridized carbons (Fsp3) is 0.0526. The highest BCUT2D eigenvalue weighted by atomic mass is 32.2. The predicted octanol–water partition coefficient (Wildman–Crippen LogP) is 2.95. The topological polar surface area (TPSA) is 71.5 Å². The van der Waals surface area contributed by atoms with Gasteiger partial charge in [0.1, 0.15) is 12.4 Å². The van der Waals surface area contributed by atoms with Crippen LogP contribution >= 0.6 is 24.0 Å². The van der Waals surface area contributed by atoms with Crippen LogP contribution in [-0.4, -0.2) is 32.7 Å². The summed E-state index contributed by atoms with van der Waals surface area (Å²) in [5, 5.41) is 1.08. The van der Waals surface area contributed by atoms with Gasteiger partial charge in [-0.05, 0) is 48.1 Å². The number of nitrogens with one attached hydrogen (secondary N) is 1. The Morgan fingerprint density at radius 3 is 2.96 bits per heavy atom. The summed E-state index contributed by atoms with van der Waals surface area (Å²) in [4.78, 5) is 29.2. The van der Waals surface area contributed by atoms with E-state index in [0.29, 0.717) is 17.1 Å². The second-order valence-corrected chi connectivity index (χ2v) is 7.42. The molecule has 3 heterocycles. The van der Waals surface area contributed by atoms with Gasteiger partial charge in [-0.1, -0.05) is 30.0 Å². The van der Waals surface area contributed by atoms with Gasteiger partial charge in [0.15, 0.2) is 4.32 Å². The smallest absolute Gasteiger partial charge is 0.285 e. The lowest BCUT2D eigenvalue weighted by molar-refractivity contribution is -0.123. The van der Waals surface area contributed by atoms with Crippen LogP contribution in [0, 0.1) is 0 Å². The molecule has 2 aliphatic rings. The van der Waals surface area contributed by atoms with E-state index in [-0.39, 0.29) is 10.2 Å². The Balaban J connectivity index is 1.52. The number of carbonyl (C=O) groups is 2. The normalized spacial score (nSPS) is 17.4. The lowest BCUT2D eigenvalue weighted by Gasteiger charge is -2.16. The third-order valence-electron chi connectivity index (χ3n) is 3.90. The summed E-state index contributed by atoms with van der Waals surface area (Å²) in [5.74, 6) is -0.0114. The number of ether oxygens (including phenoxy) is 1. The van der Waals surface area contributed by atoms with Crippen molar-refractivity contribution >= 4 is 46.2 Å². The fourth-order valence-corrected chi connectivity index (χ4v) is 3.81. The quantitative estimate of drug-likeness (QED) is 0.636. The predicted molar refractivity (Wildman–Crippen MR) is 107 cm³/mol. The number of hydrogen-bond acceptors (Lipinski definition) is 6. The molecule has 0 atom stereocenters. The molecular weight excluding hydrogens is 382 g/mol. The van der Waals surface area contributed by atoms with E-state index in [4.69, 9.17) is 17.0 Å². The number of carbonyl (C=O) groups excluding carboxylic acids is 2. The number of hydrogen-bond donors (Lipinski definition) is 1. The van der Waals surface area contributed by atoms with Crippen molar-refractivity contribution in [3.63, 3.8) is 0 Å². The number of amides is 2. The van der Waals surface area contributed by atoms with Gasteiger partial charge >= 0.3 is 0 Å². The SMILES string of the molecule is O=C(NN1C(=O)C(=CC2=Cc3ccccc3OC2)SC1=S)c1cccnc1. The van der Waals surface area contributed by atoms with Gasteiger partial charge in [-0.15, -0.1) is 0 Å². The number of benzene rings is 1. The number of thiocarbonyl (C=S) groups is 1. The number of rotatable bonds is 3. The molecule has 1 aromatic heterocycles. The molecule has 1 saturated heterocycles. The molecule has 134 valence electrons. The van der Waals surface area contributed by atoms with Gasteiger partial charge in [0.2, 0.25) is 0 Å². The van der Waals surface area contributed by atoms with E-state index >= 15 is 0 Å². The van der Waals surface area contributed by atoms with Crippen LogP contribution in [0.25, 0.3) is 6.08 Å². The van der Waals surface area contributed by atoms with E-state index in [0.717, 1.165) is 33.7 Å². The minimum Gasteiger partial charge on any atom is -0.488 e. The first kappa shape index (κ1) is 17.4. The van der Waals surface area contributed by atoms with Crippen LogP contribution in [0.15, 0.2) is 65.3 Å². The molecule has 1 fully saturated rings. The highest BCUT2D eigenvalue weighted by molar-refractivity contribution is 8.26. The summed E-state index contributed by atoms with van der Waals surface area (Å²) in [7, 11) is 0. The van der Waals surface area contributed by atoms with E-state index in [2.05, 4.69) is 10.4 Å². The lowest BCUT2D eigenvalue weighted by Crippen LogP contribution is -2.44.